The first-order chi connectivity index (χ1) is 7.63. The number of carbonyl (C=O) groups is 2. The van der Waals surface area contributed by atoms with Gasteiger partial charge in [-0.15, -0.1) is 23.7 Å². The van der Waals surface area contributed by atoms with E-state index in [1.165, 1.54) is 0 Å². The van der Waals surface area contributed by atoms with Crippen molar-refractivity contribution in [2.24, 2.45) is 5.73 Å². The Morgan fingerprint density at radius 1 is 1.53 bits per heavy atom. The standard InChI is InChI=1S/C10H15N3O2S.ClH/c1-13(7-8-3-2-4-16-8)10(15)6-12-9(14)5-11;/h2-4H,5-7,11H2,1H3,(H,12,14);1H. The first-order valence-electron chi connectivity index (χ1n) is 4.86. The summed E-state index contributed by atoms with van der Waals surface area (Å²) in [7, 11) is 1.71. The molecule has 1 rings (SSSR count). The molecule has 0 radical (unpaired) electrons. The van der Waals surface area contributed by atoms with E-state index in [1.54, 1.807) is 23.3 Å². The molecule has 1 aromatic heterocycles. The summed E-state index contributed by atoms with van der Waals surface area (Å²) in [6.45, 7) is 0.467. The molecule has 0 atom stereocenters. The first kappa shape index (κ1) is 15.9. The Kier molecular flexibility index (Phi) is 7.53. The summed E-state index contributed by atoms with van der Waals surface area (Å²) in [4.78, 5) is 25.1. The largest absolute Gasteiger partial charge is 0.346 e. The van der Waals surface area contributed by atoms with Crippen LogP contribution < -0.4 is 11.1 Å². The molecule has 0 aliphatic rings. The Balaban J connectivity index is 0.00000256. The molecule has 0 fully saturated rings. The van der Waals surface area contributed by atoms with Gasteiger partial charge >= 0.3 is 0 Å². The fraction of sp³-hybridized carbons (Fsp3) is 0.400. The second-order valence-corrected chi connectivity index (χ2v) is 4.34. The van der Waals surface area contributed by atoms with Crippen LogP contribution in [0.3, 0.4) is 0 Å². The van der Waals surface area contributed by atoms with Crippen LogP contribution in [0.25, 0.3) is 0 Å². The van der Waals surface area contributed by atoms with Gasteiger partial charge in [0.2, 0.25) is 11.8 Å². The molecule has 1 aromatic rings. The SMILES string of the molecule is CN(Cc1cccs1)C(=O)CNC(=O)CN.Cl. The molecule has 0 aromatic carbocycles. The predicted octanol–water partition coefficient (Wildman–Crippen LogP) is 0.203. The highest BCUT2D eigenvalue weighted by molar-refractivity contribution is 7.09. The van der Waals surface area contributed by atoms with Crippen LogP contribution in [0.15, 0.2) is 17.5 Å². The molecule has 96 valence electrons. The van der Waals surface area contributed by atoms with Crippen LogP contribution in [0.5, 0.6) is 0 Å². The lowest BCUT2D eigenvalue weighted by Gasteiger charge is -2.16. The van der Waals surface area contributed by atoms with Gasteiger partial charge in [0.15, 0.2) is 0 Å². The minimum atomic E-state index is -0.321. The van der Waals surface area contributed by atoms with Crippen molar-refractivity contribution in [2.75, 3.05) is 20.1 Å². The summed E-state index contributed by atoms with van der Waals surface area (Å²) in [5.41, 5.74) is 5.11. The fourth-order valence-electron chi connectivity index (χ4n) is 1.11. The smallest absolute Gasteiger partial charge is 0.242 e. The number of hydrogen-bond donors (Lipinski definition) is 2. The molecule has 7 heteroatoms. The van der Waals surface area contributed by atoms with Crippen molar-refractivity contribution in [2.45, 2.75) is 6.54 Å². The van der Waals surface area contributed by atoms with Gasteiger partial charge in [0.05, 0.1) is 19.6 Å². The fourth-order valence-corrected chi connectivity index (χ4v) is 1.86. The van der Waals surface area contributed by atoms with Crippen LogP contribution in [-0.4, -0.2) is 36.9 Å². The molecule has 3 N–H and O–H groups in total. The Labute approximate surface area is 110 Å². The maximum atomic E-state index is 11.6. The maximum Gasteiger partial charge on any atom is 0.242 e. The van der Waals surface area contributed by atoms with E-state index in [0.29, 0.717) is 6.54 Å². The lowest BCUT2D eigenvalue weighted by Crippen LogP contribution is -2.39. The topological polar surface area (TPSA) is 75.4 Å². The Morgan fingerprint density at radius 3 is 2.76 bits per heavy atom. The maximum absolute atomic E-state index is 11.6. The molecular formula is C10H16ClN3O2S. The third-order valence-corrected chi connectivity index (χ3v) is 2.88. The quantitative estimate of drug-likeness (QED) is 0.808. The molecule has 0 unspecified atom stereocenters. The van der Waals surface area contributed by atoms with E-state index >= 15 is 0 Å². The molecule has 0 spiro atoms. The van der Waals surface area contributed by atoms with Crippen molar-refractivity contribution in [1.29, 1.82) is 0 Å². The van der Waals surface area contributed by atoms with Gasteiger partial charge in [0.25, 0.3) is 0 Å². The average Bonchev–Trinajstić information content (AvgIpc) is 2.77. The molecule has 0 saturated heterocycles. The summed E-state index contributed by atoms with van der Waals surface area (Å²) in [5.74, 6) is -0.451. The third-order valence-electron chi connectivity index (χ3n) is 2.02. The molecule has 1 heterocycles. The summed E-state index contributed by atoms with van der Waals surface area (Å²) in [6, 6.07) is 3.90. The van der Waals surface area contributed by atoms with Gasteiger partial charge < -0.3 is 16.0 Å². The minimum Gasteiger partial charge on any atom is -0.346 e. The highest BCUT2D eigenvalue weighted by Crippen LogP contribution is 2.10. The Hall–Kier alpha value is -1.11. The summed E-state index contributed by atoms with van der Waals surface area (Å²) < 4.78 is 0. The van der Waals surface area contributed by atoms with Gasteiger partial charge in [-0.1, -0.05) is 6.07 Å². The minimum absolute atomic E-state index is 0. The van der Waals surface area contributed by atoms with Crippen LogP contribution in [-0.2, 0) is 16.1 Å². The van der Waals surface area contributed by atoms with E-state index in [0.717, 1.165) is 4.88 Å². The first-order valence-corrected chi connectivity index (χ1v) is 5.74. The van der Waals surface area contributed by atoms with Crippen LogP contribution in [0.2, 0.25) is 0 Å². The predicted molar refractivity (Wildman–Crippen MR) is 70.1 cm³/mol. The number of hydrogen-bond acceptors (Lipinski definition) is 4. The number of thiophene rings is 1. The summed E-state index contributed by atoms with van der Waals surface area (Å²) in [5, 5.41) is 4.40. The molecule has 0 aliphatic carbocycles. The summed E-state index contributed by atoms with van der Waals surface area (Å²) in [6.07, 6.45) is 0. The number of nitrogens with one attached hydrogen (secondary N) is 1. The number of nitrogens with two attached hydrogens (primary N) is 1. The van der Waals surface area contributed by atoms with E-state index in [1.807, 2.05) is 17.5 Å². The van der Waals surface area contributed by atoms with E-state index in [2.05, 4.69) is 5.32 Å². The lowest BCUT2D eigenvalue weighted by atomic mass is 10.4. The van der Waals surface area contributed by atoms with E-state index in [-0.39, 0.29) is 37.3 Å². The molecule has 0 saturated carbocycles. The second-order valence-electron chi connectivity index (χ2n) is 3.31. The van der Waals surface area contributed by atoms with Crippen LogP contribution >= 0.6 is 23.7 Å². The Morgan fingerprint density at radius 2 is 2.24 bits per heavy atom. The zero-order chi connectivity index (χ0) is 12.0. The number of likely N-dealkylation sites (N-methyl/N-ethyl adjacent to an activating group) is 1. The molecule has 5 nitrogen and oxygen atoms in total. The number of carbonyl (C=O) groups excluding carboxylic acids is 2. The van der Waals surface area contributed by atoms with Crippen molar-refractivity contribution >= 4 is 35.6 Å². The number of rotatable bonds is 5. The average molecular weight is 278 g/mol. The monoisotopic (exact) mass is 277 g/mol. The summed E-state index contributed by atoms with van der Waals surface area (Å²) >= 11 is 1.60. The Bertz CT molecular complexity index is 356. The highest BCUT2D eigenvalue weighted by atomic mass is 35.5. The van der Waals surface area contributed by atoms with Gasteiger partial charge in [-0.05, 0) is 11.4 Å². The second kappa shape index (κ2) is 8.05. The van der Waals surface area contributed by atoms with Crippen molar-refractivity contribution in [1.82, 2.24) is 10.2 Å². The van der Waals surface area contributed by atoms with E-state index in [9.17, 15) is 9.59 Å². The lowest BCUT2D eigenvalue weighted by molar-refractivity contribution is -0.131. The van der Waals surface area contributed by atoms with Gasteiger partial charge in [-0.25, -0.2) is 0 Å². The molecule has 0 bridgehead atoms. The number of amides is 2. The van der Waals surface area contributed by atoms with Crippen LogP contribution in [0.1, 0.15) is 4.88 Å². The zero-order valence-corrected chi connectivity index (χ0v) is 11.1. The molecule has 17 heavy (non-hydrogen) atoms. The van der Waals surface area contributed by atoms with Gasteiger partial charge in [-0.3, -0.25) is 9.59 Å². The highest BCUT2D eigenvalue weighted by Gasteiger charge is 2.10. The zero-order valence-electron chi connectivity index (χ0n) is 9.51. The van der Waals surface area contributed by atoms with Crippen molar-refractivity contribution < 1.29 is 9.59 Å². The number of nitrogens with zero attached hydrogens (tertiary/aromatic N) is 1. The van der Waals surface area contributed by atoms with Crippen molar-refractivity contribution in [3.63, 3.8) is 0 Å². The van der Waals surface area contributed by atoms with E-state index in [4.69, 9.17) is 5.73 Å². The van der Waals surface area contributed by atoms with Crippen LogP contribution in [0, 0.1) is 0 Å². The number of halogens is 1. The normalized spacial score (nSPS) is 9.29. The van der Waals surface area contributed by atoms with Crippen molar-refractivity contribution in [3.05, 3.63) is 22.4 Å². The molecular weight excluding hydrogens is 262 g/mol. The molecule has 2 amide bonds. The van der Waals surface area contributed by atoms with Crippen LogP contribution in [0.4, 0.5) is 0 Å². The van der Waals surface area contributed by atoms with Gasteiger partial charge in [0, 0.05) is 11.9 Å². The van der Waals surface area contributed by atoms with Crippen molar-refractivity contribution in [3.8, 4) is 0 Å². The van der Waals surface area contributed by atoms with E-state index < -0.39 is 0 Å². The van der Waals surface area contributed by atoms with Gasteiger partial charge in [-0.2, -0.15) is 0 Å². The third kappa shape index (κ3) is 5.67. The molecule has 0 aliphatic heterocycles. The van der Waals surface area contributed by atoms with Gasteiger partial charge in [0.1, 0.15) is 0 Å².